The average Bonchev–Trinajstić information content (AvgIpc) is 2.72. The van der Waals surface area contributed by atoms with Gasteiger partial charge in [0.2, 0.25) is 0 Å². The normalized spacial score (nSPS) is 15.4. The van der Waals surface area contributed by atoms with Gasteiger partial charge in [-0.15, -0.1) is 0 Å². The second kappa shape index (κ2) is 10.6. The van der Waals surface area contributed by atoms with Crippen LogP contribution in [0, 0.1) is 0 Å². The van der Waals surface area contributed by atoms with E-state index in [1.54, 1.807) is 0 Å². The van der Waals surface area contributed by atoms with E-state index in [4.69, 9.17) is 4.74 Å². The summed E-state index contributed by atoms with van der Waals surface area (Å²) in [4.78, 5) is 17.5. The number of ether oxygens (including phenoxy) is 1. The molecule has 0 spiro atoms. The van der Waals surface area contributed by atoms with Crippen molar-refractivity contribution in [3.8, 4) is 0 Å². The monoisotopic (exact) mass is 442 g/mol. The first kappa shape index (κ1) is 20.8. The van der Waals surface area contributed by atoms with Gasteiger partial charge in [0.1, 0.15) is 0 Å². The quantitative estimate of drug-likeness (QED) is 0.639. The summed E-state index contributed by atoms with van der Waals surface area (Å²) in [7, 11) is 0. The number of rotatable bonds is 7. The fourth-order valence-electron chi connectivity index (χ4n) is 3.29. The van der Waals surface area contributed by atoms with E-state index in [1.165, 1.54) is 5.57 Å². The minimum atomic E-state index is 0.0709. The molecule has 0 aromatic heterocycles. The maximum atomic E-state index is 13.2. The van der Waals surface area contributed by atoms with E-state index in [9.17, 15) is 4.79 Å². The molecule has 0 atom stereocenters. The number of halogens is 1. The standard InChI is InChI=1S/C23H27BrN2O2/c1-19(17-20-5-3-2-4-6-20)18-26(12-11-25-13-15-28-16-14-25)23(27)21-7-9-22(24)10-8-21/h2-10,17H,11-16,18H2,1H3/b19-17+. The summed E-state index contributed by atoms with van der Waals surface area (Å²) < 4.78 is 6.41. The number of amides is 1. The maximum absolute atomic E-state index is 13.2. The van der Waals surface area contributed by atoms with Gasteiger partial charge in [-0.2, -0.15) is 0 Å². The molecular formula is C23H27BrN2O2. The van der Waals surface area contributed by atoms with Crippen molar-refractivity contribution in [2.24, 2.45) is 0 Å². The molecule has 1 aliphatic heterocycles. The highest BCUT2D eigenvalue weighted by Gasteiger charge is 2.18. The molecule has 1 aliphatic rings. The molecular weight excluding hydrogens is 416 g/mol. The number of morpholine rings is 1. The van der Waals surface area contributed by atoms with Crippen LogP contribution < -0.4 is 0 Å². The van der Waals surface area contributed by atoms with E-state index in [0.29, 0.717) is 13.1 Å². The molecule has 1 amide bonds. The van der Waals surface area contributed by atoms with E-state index in [1.807, 2.05) is 47.4 Å². The van der Waals surface area contributed by atoms with Gasteiger partial charge in [-0.1, -0.05) is 57.9 Å². The topological polar surface area (TPSA) is 32.8 Å². The lowest BCUT2D eigenvalue weighted by atomic mass is 10.1. The van der Waals surface area contributed by atoms with Crippen molar-refractivity contribution in [2.75, 3.05) is 45.9 Å². The molecule has 148 valence electrons. The molecule has 0 saturated carbocycles. The Balaban J connectivity index is 1.71. The van der Waals surface area contributed by atoms with Gasteiger partial charge in [-0.05, 0) is 36.8 Å². The SMILES string of the molecule is C/C(=C\c1ccccc1)CN(CCN1CCOCC1)C(=O)c1ccc(Br)cc1. The van der Waals surface area contributed by atoms with Crippen LogP contribution in [-0.2, 0) is 4.74 Å². The number of benzene rings is 2. The van der Waals surface area contributed by atoms with Crippen LogP contribution in [0.3, 0.4) is 0 Å². The zero-order valence-electron chi connectivity index (χ0n) is 16.3. The number of carbonyl (C=O) groups is 1. The molecule has 0 radical (unpaired) electrons. The molecule has 1 saturated heterocycles. The Labute approximate surface area is 175 Å². The van der Waals surface area contributed by atoms with Gasteiger partial charge in [-0.25, -0.2) is 0 Å². The van der Waals surface area contributed by atoms with Crippen molar-refractivity contribution in [3.05, 3.63) is 75.8 Å². The summed E-state index contributed by atoms with van der Waals surface area (Å²) in [6.45, 7) is 7.68. The Hall–Kier alpha value is -1.95. The van der Waals surface area contributed by atoms with E-state index >= 15 is 0 Å². The Morgan fingerprint density at radius 1 is 1.11 bits per heavy atom. The average molecular weight is 443 g/mol. The van der Waals surface area contributed by atoms with Gasteiger partial charge < -0.3 is 9.64 Å². The summed E-state index contributed by atoms with van der Waals surface area (Å²) in [5.74, 6) is 0.0709. The van der Waals surface area contributed by atoms with Crippen LogP contribution in [0.15, 0.2) is 64.6 Å². The van der Waals surface area contributed by atoms with Crippen molar-refractivity contribution in [2.45, 2.75) is 6.92 Å². The molecule has 1 heterocycles. The molecule has 0 bridgehead atoms. The van der Waals surface area contributed by atoms with Crippen molar-refractivity contribution in [3.63, 3.8) is 0 Å². The zero-order valence-corrected chi connectivity index (χ0v) is 17.9. The Morgan fingerprint density at radius 3 is 2.46 bits per heavy atom. The summed E-state index contributed by atoms with van der Waals surface area (Å²) in [5, 5.41) is 0. The lowest BCUT2D eigenvalue weighted by Gasteiger charge is -2.30. The van der Waals surface area contributed by atoms with Crippen molar-refractivity contribution in [1.82, 2.24) is 9.80 Å². The van der Waals surface area contributed by atoms with Crippen LogP contribution in [0.1, 0.15) is 22.8 Å². The number of hydrogen-bond donors (Lipinski definition) is 0. The molecule has 0 aliphatic carbocycles. The lowest BCUT2D eigenvalue weighted by molar-refractivity contribution is 0.0330. The first-order valence-electron chi connectivity index (χ1n) is 9.69. The van der Waals surface area contributed by atoms with Gasteiger partial charge in [0.25, 0.3) is 5.91 Å². The molecule has 2 aromatic rings. The van der Waals surface area contributed by atoms with E-state index in [0.717, 1.165) is 48.4 Å². The maximum Gasteiger partial charge on any atom is 0.254 e. The molecule has 1 fully saturated rings. The smallest absolute Gasteiger partial charge is 0.254 e. The minimum Gasteiger partial charge on any atom is -0.379 e. The molecule has 4 nitrogen and oxygen atoms in total. The van der Waals surface area contributed by atoms with Crippen LogP contribution >= 0.6 is 15.9 Å². The summed E-state index contributed by atoms with van der Waals surface area (Å²) in [6.07, 6.45) is 2.15. The number of hydrogen-bond acceptors (Lipinski definition) is 3. The van der Waals surface area contributed by atoms with E-state index in [2.05, 4.69) is 46.0 Å². The number of nitrogens with zero attached hydrogens (tertiary/aromatic N) is 2. The Bertz CT molecular complexity index is 784. The predicted molar refractivity (Wildman–Crippen MR) is 117 cm³/mol. The lowest BCUT2D eigenvalue weighted by Crippen LogP contribution is -2.43. The van der Waals surface area contributed by atoms with Crippen molar-refractivity contribution >= 4 is 27.9 Å². The zero-order chi connectivity index (χ0) is 19.8. The van der Waals surface area contributed by atoms with Crippen LogP contribution in [0.2, 0.25) is 0 Å². The van der Waals surface area contributed by atoms with Crippen LogP contribution in [0.4, 0.5) is 0 Å². The van der Waals surface area contributed by atoms with E-state index < -0.39 is 0 Å². The van der Waals surface area contributed by atoms with Gasteiger partial charge in [0.15, 0.2) is 0 Å². The van der Waals surface area contributed by atoms with Crippen LogP contribution in [-0.4, -0.2) is 61.6 Å². The third-order valence-electron chi connectivity index (χ3n) is 4.82. The summed E-state index contributed by atoms with van der Waals surface area (Å²) in [5.41, 5.74) is 3.04. The molecule has 5 heteroatoms. The predicted octanol–water partition coefficient (Wildman–Crippen LogP) is 4.33. The first-order valence-corrected chi connectivity index (χ1v) is 10.5. The largest absolute Gasteiger partial charge is 0.379 e. The van der Waals surface area contributed by atoms with Crippen LogP contribution in [0.25, 0.3) is 6.08 Å². The summed E-state index contributed by atoms with van der Waals surface area (Å²) in [6, 6.07) is 17.8. The molecule has 0 N–H and O–H groups in total. The third-order valence-corrected chi connectivity index (χ3v) is 5.35. The highest BCUT2D eigenvalue weighted by atomic mass is 79.9. The third kappa shape index (κ3) is 6.30. The van der Waals surface area contributed by atoms with Crippen molar-refractivity contribution in [1.29, 1.82) is 0 Å². The molecule has 28 heavy (non-hydrogen) atoms. The van der Waals surface area contributed by atoms with Gasteiger partial charge in [0.05, 0.1) is 13.2 Å². The fourth-order valence-corrected chi connectivity index (χ4v) is 3.56. The molecule has 0 unspecified atom stereocenters. The second-order valence-corrected chi connectivity index (χ2v) is 8.00. The van der Waals surface area contributed by atoms with Gasteiger partial charge in [0, 0.05) is 42.8 Å². The number of carbonyl (C=O) groups excluding carboxylic acids is 1. The van der Waals surface area contributed by atoms with Crippen molar-refractivity contribution < 1.29 is 9.53 Å². The Morgan fingerprint density at radius 2 is 1.79 bits per heavy atom. The Kier molecular flexibility index (Phi) is 7.83. The van der Waals surface area contributed by atoms with Gasteiger partial charge >= 0.3 is 0 Å². The van der Waals surface area contributed by atoms with Gasteiger partial charge in [-0.3, -0.25) is 9.69 Å². The van der Waals surface area contributed by atoms with E-state index in [-0.39, 0.29) is 5.91 Å². The molecule has 3 rings (SSSR count). The van der Waals surface area contributed by atoms with Crippen LogP contribution in [0.5, 0.6) is 0 Å². The fraction of sp³-hybridized carbons (Fsp3) is 0.348. The second-order valence-electron chi connectivity index (χ2n) is 7.09. The highest BCUT2D eigenvalue weighted by Crippen LogP contribution is 2.15. The highest BCUT2D eigenvalue weighted by molar-refractivity contribution is 9.10. The summed E-state index contributed by atoms with van der Waals surface area (Å²) >= 11 is 3.44. The first-order chi connectivity index (χ1) is 13.6. The molecule has 2 aromatic carbocycles. The minimum absolute atomic E-state index is 0.0709.